The zero-order valence-electron chi connectivity index (χ0n) is 9.39. The number of hydrogen-bond acceptors (Lipinski definition) is 3. The van der Waals surface area contributed by atoms with E-state index in [9.17, 15) is 4.79 Å². The zero-order chi connectivity index (χ0) is 12.1. The van der Waals surface area contributed by atoms with E-state index in [-0.39, 0.29) is 12.5 Å². The second-order valence-corrected chi connectivity index (χ2v) is 4.23. The van der Waals surface area contributed by atoms with Gasteiger partial charge in [-0.15, -0.1) is 0 Å². The first-order valence-electron chi connectivity index (χ1n) is 5.49. The van der Waals surface area contributed by atoms with Crippen LogP contribution in [-0.4, -0.2) is 37.3 Å². The summed E-state index contributed by atoms with van der Waals surface area (Å²) in [5.74, 6) is 0.584. The molecular weight excluding hydrogens is 242 g/mol. The lowest BCUT2D eigenvalue weighted by molar-refractivity contribution is -0.142. The summed E-state index contributed by atoms with van der Waals surface area (Å²) in [7, 11) is 0. The predicted molar refractivity (Wildman–Crippen MR) is 64.1 cm³/mol. The summed E-state index contributed by atoms with van der Waals surface area (Å²) in [5.41, 5.74) is 0. The maximum absolute atomic E-state index is 11.7. The number of benzene rings is 1. The lowest BCUT2D eigenvalue weighted by atomic mass is 10.3. The molecule has 92 valence electrons. The molecule has 1 heterocycles. The number of carbonyl (C=O) groups is 1. The molecule has 0 aliphatic carbocycles. The quantitative estimate of drug-likeness (QED) is 0.828. The maximum Gasteiger partial charge on any atom is 0.262 e. The molecule has 1 aliphatic rings. The third-order valence-corrected chi connectivity index (χ3v) is 2.74. The van der Waals surface area contributed by atoms with Gasteiger partial charge in [-0.25, -0.2) is 0 Å². The van der Waals surface area contributed by atoms with E-state index < -0.39 is 0 Å². The Morgan fingerprint density at radius 3 is 2.82 bits per heavy atom. The van der Waals surface area contributed by atoms with Crippen LogP contribution in [0.5, 0.6) is 5.75 Å². The molecular formula is C12H14ClNO3. The van der Waals surface area contributed by atoms with Crippen molar-refractivity contribution in [3.05, 3.63) is 29.3 Å². The summed E-state index contributed by atoms with van der Waals surface area (Å²) < 4.78 is 10.6. The second kappa shape index (κ2) is 5.89. The van der Waals surface area contributed by atoms with Crippen molar-refractivity contribution < 1.29 is 14.3 Å². The molecule has 1 aromatic rings. The minimum absolute atomic E-state index is 0.0327. The second-order valence-electron chi connectivity index (χ2n) is 3.79. The largest absolute Gasteiger partial charge is 0.484 e. The first kappa shape index (κ1) is 12.2. The number of nitrogens with zero attached hydrogens (tertiary/aromatic N) is 1. The predicted octanol–water partition coefficient (Wildman–Crippen LogP) is 1.93. The van der Waals surface area contributed by atoms with Crippen molar-refractivity contribution in [2.24, 2.45) is 0 Å². The van der Waals surface area contributed by atoms with Gasteiger partial charge in [0, 0.05) is 11.6 Å². The molecule has 0 unspecified atom stereocenters. The molecule has 1 amide bonds. The Kier molecular flexibility index (Phi) is 4.23. The van der Waals surface area contributed by atoms with Crippen molar-refractivity contribution in [3.8, 4) is 5.75 Å². The van der Waals surface area contributed by atoms with Gasteiger partial charge in [-0.3, -0.25) is 4.79 Å². The fraction of sp³-hybridized carbons (Fsp3) is 0.417. The van der Waals surface area contributed by atoms with Crippen LogP contribution >= 0.6 is 11.6 Å². The van der Waals surface area contributed by atoms with Crippen LogP contribution < -0.4 is 4.74 Å². The number of amides is 1. The minimum atomic E-state index is -0.0559. The normalized spacial score (nSPS) is 15.7. The molecule has 0 spiro atoms. The SMILES string of the molecule is O=C(COc1ccc(Cl)cc1)N1CCCOC1. The van der Waals surface area contributed by atoms with Gasteiger partial charge in [0.05, 0.1) is 6.61 Å². The van der Waals surface area contributed by atoms with Crippen molar-refractivity contribution in [2.45, 2.75) is 6.42 Å². The first-order valence-corrected chi connectivity index (χ1v) is 5.87. The Bertz CT molecular complexity index is 374. The molecule has 0 aromatic heterocycles. The van der Waals surface area contributed by atoms with Crippen molar-refractivity contribution >= 4 is 17.5 Å². The van der Waals surface area contributed by atoms with Crippen LogP contribution in [0.15, 0.2) is 24.3 Å². The highest BCUT2D eigenvalue weighted by Gasteiger charge is 2.16. The third-order valence-electron chi connectivity index (χ3n) is 2.49. The smallest absolute Gasteiger partial charge is 0.262 e. The Balaban J connectivity index is 1.81. The van der Waals surface area contributed by atoms with Crippen LogP contribution in [-0.2, 0) is 9.53 Å². The standard InChI is InChI=1S/C12H14ClNO3/c13-10-2-4-11(5-3-10)17-8-12(15)14-6-1-7-16-9-14/h2-5H,1,6-9H2. The Morgan fingerprint density at radius 1 is 1.41 bits per heavy atom. The minimum Gasteiger partial charge on any atom is -0.484 e. The van der Waals surface area contributed by atoms with Crippen LogP contribution in [0, 0.1) is 0 Å². The number of rotatable bonds is 3. The molecule has 5 heteroatoms. The summed E-state index contributed by atoms with van der Waals surface area (Å²) in [5, 5.41) is 0.646. The highest BCUT2D eigenvalue weighted by atomic mass is 35.5. The van der Waals surface area contributed by atoms with Gasteiger partial charge >= 0.3 is 0 Å². The topological polar surface area (TPSA) is 38.8 Å². The average molecular weight is 256 g/mol. The molecule has 0 atom stereocenters. The number of ether oxygens (including phenoxy) is 2. The van der Waals surface area contributed by atoms with E-state index in [4.69, 9.17) is 21.1 Å². The lowest BCUT2D eigenvalue weighted by Crippen LogP contribution is -2.40. The van der Waals surface area contributed by atoms with E-state index >= 15 is 0 Å². The van der Waals surface area contributed by atoms with Gasteiger partial charge in [-0.05, 0) is 30.7 Å². The van der Waals surface area contributed by atoms with Gasteiger partial charge in [-0.1, -0.05) is 11.6 Å². The highest BCUT2D eigenvalue weighted by molar-refractivity contribution is 6.30. The van der Waals surface area contributed by atoms with Gasteiger partial charge in [-0.2, -0.15) is 0 Å². The van der Waals surface area contributed by atoms with Gasteiger partial charge in [0.2, 0.25) is 0 Å². The number of hydrogen-bond donors (Lipinski definition) is 0. The van der Waals surface area contributed by atoms with Crippen LogP contribution in [0.3, 0.4) is 0 Å². The third kappa shape index (κ3) is 3.61. The Hall–Kier alpha value is -1.26. The molecule has 17 heavy (non-hydrogen) atoms. The Labute approximate surface area is 105 Å². The number of halogens is 1. The van der Waals surface area contributed by atoms with Crippen LogP contribution in [0.1, 0.15) is 6.42 Å². The van der Waals surface area contributed by atoms with Crippen LogP contribution in [0.2, 0.25) is 5.02 Å². The van der Waals surface area contributed by atoms with Crippen molar-refractivity contribution in [1.29, 1.82) is 0 Å². The van der Waals surface area contributed by atoms with Gasteiger partial charge in [0.15, 0.2) is 6.61 Å². The van der Waals surface area contributed by atoms with Gasteiger partial charge in [0.25, 0.3) is 5.91 Å². The molecule has 0 radical (unpaired) electrons. The van der Waals surface area contributed by atoms with Crippen LogP contribution in [0.4, 0.5) is 0 Å². The van der Waals surface area contributed by atoms with Gasteiger partial charge in [0.1, 0.15) is 12.5 Å². The lowest BCUT2D eigenvalue weighted by Gasteiger charge is -2.26. The molecule has 0 bridgehead atoms. The summed E-state index contributed by atoms with van der Waals surface area (Å²) in [4.78, 5) is 13.4. The molecule has 0 N–H and O–H groups in total. The van der Waals surface area contributed by atoms with Crippen molar-refractivity contribution in [3.63, 3.8) is 0 Å². The van der Waals surface area contributed by atoms with E-state index in [0.29, 0.717) is 17.5 Å². The summed E-state index contributed by atoms with van der Waals surface area (Å²) >= 11 is 5.75. The van der Waals surface area contributed by atoms with E-state index in [1.54, 1.807) is 29.2 Å². The van der Waals surface area contributed by atoms with E-state index in [1.165, 1.54) is 0 Å². The fourth-order valence-corrected chi connectivity index (χ4v) is 1.69. The van der Waals surface area contributed by atoms with E-state index in [1.807, 2.05) is 0 Å². The van der Waals surface area contributed by atoms with Crippen molar-refractivity contribution in [1.82, 2.24) is 4.90 Å². The molecule has 2 rings (SSSR count). The van der Waals surface area contributed by atoms with Crippen molar-refractivity contribution in [2.75, 3.05) is 26.5 Å². The average Bonchev–Trinajstić information content (AvgIpc) is 2.39. The molecule has 1 saturated heterocycles. The van der Waals surface area contributed by atoms with Crippen LogP contribution in [0.25, 0.3) is 0 Å². The summed E-state index contributed by atoms with van der Waals surface area (Å²) in [6, 6.07) is 6.93. The maximum atomic E-state index is 11.7. The molecule has 0 saturated carbocycles. The highest BCUT2D eigenvalue weighted by Crippen LogP contribution is 2.15. The van der Waals surface area contributed by atoms with E-state index in [2.05, 4.69) is 0 Å². The van der Waals surface area contributed by atoms with E-state index in [0.717, 1.165) is 19.6 Å². The molecule has 1 aliphatic heterocycles. The molecule has 1 aromatic carbocycles. The zero-order valence-corrected chi connectivity index (χ0v) is 10.2. The number of carbonyl (C=O) groups excluding carboxylic acids is 1. The Morgan fingerprint density at radius 2 is 2.18 bits per heavy atom. The van der Waals surface area contributed by atoms with Gasteiger partial charge < -0.3 is 14.4 Å². The summed E-state index contributed by atoms with van der Waals surface area (Å²) in [6.45, 7) is 1.86. The molecule has 4 nitrogen and oxygen atoms in total. The fourth-order valence-electron chi connectivity index (χ4n) is 1.56. The monoisotopic (exact) mass is 255 g/mol. The summed E-state index contributed by atoms with van der Waals surface area (Å²) in [6.07, 6.45) is 0.882. The molecule has 1 fully saturated rings. The first-order chi connectivity index (χ1) is 8.25.